The first-order valence-electron chi connectivity index (χ1n) is 7.47. The summed E-state index contributed by atoms with van der Waals surface area (Å²) in [7, 11) is 0. The Morgan fingerprint density at radius 3 is 3.09 bits per heavy atom. The highest BCUT2D eigenvalue weighted by Gasteiger charge is 2.22. The molecule has 3 heterocycles. The van der Waals surface area contributed by atoms with Crippen LogP contribution >= 0.6 is 0 Å². The summed E-state index contributed by atoms with van der Waals surface area (Å²) < 4.78 is 5.12. The van der Waals surface area contributed by atoms with Crippen LogP contribution in [-0.4, -0.2) is 23.3 Å². The molecule has 1 aliphatic heterocycles. The Hall–Kier alpha value is -2.89. The normalized spacial score (nSPS) is 14.6. The van der Waals surface area contributed by atoms with E-state index in [1.54, 1.807) is 35.6 Å². The molecular formula is C17H17N3O3. The van der Waals surface area contributed by atoms with Gasteiger partial charge in [0.05, 0.1) is 6.26 Å². The molecule has 0 saturated carbocycles. The van der Waals surface area contributed by atoms with Crippen LogP contribution < -0.4 is 10.2 Å². The highest BCUT2D eigenvalue weighted by molar-refractivity contribution is 5.94. The highest BCUT2D eigenvalue weighted by atomic mass is 16.3. The number of rotatable bonds is 5. The van der Waals surface area contributed by atoms with Crippen LogP contribution in [0.15, 0.2) is 47.2 Å². The average Bonchev–Trinajstić information content (AvgIpc) is 3.22. The van der Waals surface area contributed by atoms with Crippen LogP contribution in [0.5, 0.6) is 0 Å². The number of aromatic nitrogens is 1. The molecule has 0 bridgehead atoms. The van der Waals surface area contributed by atoms with Crippen molar-refractivity contribution in [3.8, 4) is 0 Å². The Balaban J connectivity index is 1.58. The van der Waals surface area contributed by atoms with Gasteiger partial charge in [0.1, 0.15) is 11.6 Å². The van der Waals surface area contributed by atoms with Crippen LogP contribution in [0, 0.1) is 0 Å². The van der Waals surface area contributed by atoms with E-state index in [1.807, 2.05) is 12.1 Å². The van der Waals surface area contributed by atoms with E-state index in [1.165, 1.54) is 6.08 Å². The maximum absolute atomic E-state index is 11.8. The molecule has 1 saturated heterocycles. The predicted octanol–water partition coefficient (Wildman–Crippen LogP) is 2.13. The molecule has 0 radical (unpaired) electrons. The first-order valence-corrected chi connectivity index (χ1v) is 7.47. The van der Waals surface area contributed by atoms with Crippen molar-refractivity contribution < 1.29 is 14.0 Å². The summed E-state index contributed by atoms with van der Waals surface area (Å²) in [5.41, 5.74) is 0.898. The summed E-state index contributed by atoms with van der Waals surface area (Å²) in [6.07, 6.45) is 7.66. The Morgan fingerprint density at radius 1 is 1.43 bits per heavy atom. The van der Waals surface area contributed by atoms with Crippen molar-refractivity contribution in [3.63, 3.8) is 0 Å². The quantitative estimate of drug-likeness (QED) is 0.858. The highest BCUT2D eigenvalue weighted by Crippen LogP contribution is 2.19. The van der Waals surface area contributed by atoms with E-state index < -0.39 is 0 Å². The van der Waals surface area contributed by atoms with Gasteiger partial charge < -0.3 is 9.73 Å². The fourth-order valence-corrected chi connectivity index (χ4v) is 2.40. The SMILES string of the molecule is O=C(C=Cc1ccco1)NCc1ccnc(N2CCCC2=O)c1. The van der Waals surface area contributed by atoms with E-state index >= 15 is 0 Å². The largest absolute Gasteiger partial charge is 0.465 e. The van der Waals surface area contributed by atoms with Gasteiger partial charge >= 0.3 is 0 Å². The zero-order valence-electron chi connectivity index (χ0n) is 12.6. The number of hydrogen-bond donors (Lipinski definition) is 1. The van der Waals surface area contributed by atoms with Crippen molar-refractivity contribution in [1.82, 2.24) is 10.3 Å². The molecule has 6 heteroatoms. The maximum atomic E-state index is 11.8. The lowest BCUT2D eigenvalue weighted by molar-refractivity contribution is -0.117. The minimum absolute atomic E-state index is 0.0973. The molecule has 0 spiro atoms. The summed E-state index contributed by atoms with van der Waals surface area (Å²) in [5, 5.41) is 2.79. The van der Waals surface area contributed by atoms with Gasteiger partial charge in [-0.25, -0.2) is 4.98 Å². The molecule has 0 atom stereocenters. The van der Waals surface area contributed by atoms with Gasteiger partial charge in [-0.15, -0.1) is 0 Å². The molecule has 0 aromatic carbocycles. The number of anilines is 1. The number of nitrogens with one attached hydrogen (secondary N) is 1. The topological polar surface area (TPSA) is 75.4 Å². The fourth-order valence-electron chi connectivity index (χ4n) is 2.40. The van der Waals surface area contributed by atoms with Gasteiger partial charge in [0.15, 0.2) is 0 Å². The van der Waals surface area contributed by atoms with Crippen molar-refractivity contribution in [2.45, 2.75) is 19.4 Å². The first-order chi connectivity index (χ1) is 11.2. The Bertz CT molecular complexity index is 722. The third-order valence-corrected chi connectivity index (χ3v) is 3.57. The van der Waals surface area contributed by atoms with Crippen molar-refractivity contribution in [1.29, 1.82) is 0 Å². The molecule has 1 N–H and O–H groups in total. The van der Waals surface area contributed by atoms with Crippen molar-refractivity contribution in [3.05, 3.63) is 54.1 Å². The van der Waals surface area contributed by atoms with Gasteiger partial charge in [-0.3, -0.25) is 14.5 Å². The summed E-state index contributed by atoms with van der Waals surface area (Å²) >= 11 is 0. The molecule has 1 aliphatic rings. The minimum Gasteiger partial charge on any atom is -0.465 e. The summed E-state index contributed by atoms with van der Waals surface area (Å²) in [6, 6.07) is 7.18. The summed E-state index contributed by atoms with van der Waals surface area (Å²) in [5.74, 6) is 1.15. The lowest BCUT2D eigenvalue weighted by Gasteiger charge is -2.15. The lowest BCUT2D eigenvalue weighted by Crippen LogP contribution is -2.25. The van der Waals surface area contributed by atoms with Crippen LogP contribution in [-0.2, 0) is 16.1 Å². The van der Waals surface area contributed by atoms with Crippen molar-refractivity contribution in [2.24, 2.45) is 0 Å². The molecule has 2 amide bonds. The average molecular weight is 311 g/mol. The first kappa shape index (κ1) is 15.0. The van der Waals surface area contributed by atoms with E-state index in [9.17, 15) is 9.59 Å². The Morgan fingerprint density at radius 2 is 2.35 bits per heavy atom. The van der Waals surface area contributed by atoms with Crippen LogP contribution in [0.25, 0.3) is 6.08 Å². The van der Waals surface area contributed by atoms with E-state index in [-0.39, 0.29) is 11.8 Å². The molecule has 3 rings (SSSR count). The van der Waals surface area contributed by atoms with Gasteiger partial charge in [0, 0.05) is 31.8 Å². The van der Waals surface area contributed by atoms with Crippen molar-refractivity contribution in [2.75, 3.05) is 11.4 Å². The lowest BCUT2D eigenvalue weighted by atomic mass is 10.2. The Kier molecular flexibility index (Phi) is 4.52. The minimum atomic E-state index is -0.211. The number of carbonyl (C=O) groups excluding carboxylic acids is 2. The molecular weight excluding hydrogens is 294 g/mol. The number of furan rings is 1. The van der Waals surface area contributed by atoms with Gasteiger partial charge in [0.2, 0.25) is 11.8 Å². The molecule has 2 aromatic rings. The molecule has 6 nitrogen and oxygen atoms in total. The monoisotopic (exact) mass is 311 g/mol. The molecule has 0 aliphatic carbocycles. The number of nitrogens with zero attached hydrogens (tertiary/aromatic N) is 2. The third kappa shape index (κ3) is 3.85. The second-order valence-corrected chi connectivity index (χ2v) is 5.24. The number of hydrogen-bond acceptors (Lipinski definition) is 4. The van der Waals surface area contributed by atoms with Gasteiger partial charge in [-0.1, -0.05) is 0 Å². The summed E-state index contributed by atoms with van der Waals surface area (Å²) in [6.45, 7) is 1.08. The van der Waals surface area contributed by atoms with Gasteiger partial charge in [-0.05, 0) is 42.3 Å². The van der Waals surface area contributed by atoms with Gasteiger partial charge in [0.25, 0.3) is 0 Å². The second kappa shape index (κ2) is 6.91. The second-order valence-electron chi connectivity index (χ2n) is 5.24. The number of pyridine rings is 1. The van der Waals surface area contributed by atoms with Crippen LogP contribution in [0.4, 0.5) is 5.82 Å². The van der Waals surface area contributed by atoms with Gasteiger partial charge in [-0.2, -0.15) is 0 Å². The number of carbonyl (C=O) groups is 2. The molecule has 0 unspecified atom stereocenters. The fraction of sp³-hybridized carbons (Fsp3) is 0.235. The molecule has 118 valence electrons. The van der Waals surface area contributed by atoms with E-state index in [2.05, 4.69) is 10.3 Å². The standard InChI is InChI=1S/C17H17N3O3/c21-16(6-5-14-3-2-10-23-14)19-12-13-7-8-18-15(11-13)20-9-1-4-17(20)22/h2-3,5-8,10-11H,1,4,9,12H2,(H,19,21). The maximum Gasteiger partial charge on any atom is 0.244 e. The van der Waals surface area contributed by atoms with E-state index in [4.69, 9.17) is 4.42 Å². The third-order valence-electron chi connectivity index (χ3n) is 3.57. The van der Waals surface area contributed by atoms with Crippen molar-refractivity contribution >= 4 is 23.7 Å². The van der Waals surface area contributed by atoms with E-state index in [0.717, 1.165) is 12.0 Å². The van der Waals surface area contributed by atoms with Crippen LogP contribution in [0.1, 0.15) is 24.2 Å². The molecule has 23 heavy (non-hydrogen) atoms. The smallest absolute Gasteiger partial charge is 0.244 e. The van der Waals surface area contributed by atoms with Crippen LogP contribution in [0.3, 0.4) is 0 Å². The zero-order chi connectivity index (χ0) is 16.1. The molecule has 1 fully saturated rings. The summed E-state index contributed by atoms with van der Waals surface area (Å²) in [4.78, 5) is 29.5. The number of amides is 2. The molecule has 2 aromatic heterocycles. The zero-order valence-corrected chi connectivity index (χ0v) is 12.6. The van der Waals surface area contributed by atoms with E-state index in [0.29, 0.717) is 31.1 Å². The van der Waals surface area contributed by atoms with Crippen LogP contribution in [0.2, 0.25) is 0 Å². The predicted molar refractivity (Wildman–Crippen MR) is 85.4 cm³/mol. The Labute approximate surface area is 133 Å².